The molecule has 0 saturated heterocycles. The van der Waals surface area contributed by atoms with Crippen molar-refractivity contribution in [3.05, 3.63) is 0 Å². The first kappa shape index (κ1) is 13.1. The first-order valence-corrected chi connectivity index (χ1v) is 5.54. The van der Waals surface area contributed by atoms with E-state index < -0.39 is 16.3 Å². The van der Waals surface area contributed by atoms with E-state index in [1.807, 2.05) is 0 Å². The number of nitrogens with two attached hydrogens (primary N) is 1. The highest BCUT2D eigenvalue weighted by Gasteiger charge is 2.17. The Labute approximate surface area is 83.5 Å². The van der Waals surface area contributed by atoms with Crippen LogP contribution >= 0.6 is 0 Å². The van der Waals surface area contributed by atoms with Gasteiger partial charge in [0, 0.05) is 6.04 Å². The van der Waals surface area contributed by atoms with Gasteiger partial charge in [-0.2, -0.15) is 17.9 Å². The van der Waals surface area contributed by atoms with Gasteiger partial charge < -0.3 is 10.9 Å². The molecule has 0 radical (unpaired) electrons. The number of nitrogens with one attached hydrogen (secondary N) is 2. The molecule has 1 unspecified atom stereocenters. The van der Waals surface area contributed by atoms with E-state index in [9.17, 15) is 8.42 Å². The molecule has 0 aliphatic heterocycles. The zero-order valence-corrected chi connectivity index (χ0v) is 9.17. The van der Waals surface area contributed by atoms with Crippen molar-refractivity contribution in [2.24, 2.45) is 10.9 Å². The third-order valence-corrected chi connectivity index (χ3v) is 2.73. The quantitative estimate of drug-likeness (QED) is 0.206. The van der Waals surface area contributed by atoms with Gasteiger partial charge in [0.25, 0.3) is 10.2 Å². The Hall–Kier alpha value is -0.860. The summed E-state index contributed by atoms with van der Waals surface area (Å²) < 4.78 is 27.0. The van der Waals surface area contributed by atoms with E-state index in [2.05, 4.69) is 14.6 Å². The lowest BCUT2D eigenvalue weighted by Gasteiger charge is -2.14. The second-order valence-electron chi connectivity index (χ2n) is 3.14. The smallest absolute Gasteiger partial charge is 0.277 e. The number of hydrogen-bond acceptors (Lipinski definition) is 4. The Bertz CT molecular complexity index is 298. The first-order valence-electron chi connectivity index (χ1n) is 4.05. The molecule has 0 aliphatic carbocycles. The maximum Gasteiger partial charge on any atom is 0.277 e. The molecule has 1 atom stereocenters. The number of nitrogens with zero attached hydrogens (tertiary/aromatic N) is 1. The molecule has 5 N–H and O–H groups in total. The minimum absolute atomic E-state index is 0.195. The normalized spacial score (nSPS) is 15.9. The second-order valence-corrected chi connectivity index (χ2v) is 4.62. The van der Waals surface area contributed by atoms with Gasteiger partial charge in [-0.1, -0.05) is 5.16 Å². The van der Waals surface area contributed by atoms with Crippen molar-refractivity contribution in [3.63, 3.8) is 0 Å². The SMILES string of the molecule is CC(C)NS(=O)(=O)NC(C)C(N)=NO. The van der Waals surface area contributed by atoms with Crippen LogP contribution in [0.5, 0.6) is 0 Å². The van der Waals surface area contributed by atoms with Crippen LogP contribution in [-0.4, -0.2) is 31.5 Å². The van der Waals surface area contributed by atoms with Crippen molar-refractivity contribution in [1.29, 1.82) is 0 Å². The van der Waals surface area contributed by atoms with Gasteiger partial charge in [0.2, 0.25) is 0 Å². The van der Waals surface area contributed by atoms with Crippen LogP contribution in [0.25, 0.3) is 0 Å². The van der Waals surface area contributed by atoms with Crippen molar-refractivity contribution in [1.82, 2.24) is 9.44 Å². The van der Waals surface area contributed by atoms with E-state index in [-0.39, 0.29) is 11.9 Å². The predicted octanol–water partition coefficient (Wildman–Crippen LogP) is -1.05. The maximum atomic E-state index is 11.3. The Morgan fingerprint density at radius 1 is 1.36 bits per heavy atom. The van der Waals surface area contributed by atoms with Crippen LogP contribution in [0.1, 0.15) is 20.8 Å². The number of hydrogen-bond donors (Lipinski definition) is 4. The van der Waals surface area contributed by atoms with Crippen molar-refractivity contribution < 1.29 is 13.6 Å². The summed E-state index contributed by atoms with van der Waals surface area (Å²) in [6, 6.07) is -0.969. The van der Waals surface area contributed by atoms with Crippen molar-refractivity contribution >= 4 is 16.0 Å². The molecule has 0 spiro atoms. The largest absolute Gasteiger partial charge is 0.409 e. The summed E-state index contributed by atoms with van der Waals surface area (Å²) in [6.45, 7) is 4.84. The second kappa shape index (κ2) is 5.13. The summed E-state index contributed by atoms with van der Waals surface area (Å²) in [4.78, 5) is 0. The molecule has 0 aliphatic rings. The molecule has 0 fully saturated rings. The first-order chi connectivity index (χ1) is 6.28. The fraction of sp³-hybridized carbons (Fsp3) is 0.833. The van der Waals surface area contributed by atoms with Crippen LogP contribution in [0.3, 0.4) is 0 Å². The molecule has 0 aromatic carbocycles. The van der Waals surface area contributed by atoms with E-state index in [1.54, 1.807) is 13.8 Å². The van der Waals surface area contributed by atoms with Crippen LogP contribution in [0.15, 0.2) is 5.16 Å². The van der Waals surface area contributed by atoms with Crippen LogP contribution in [0.4, 0.5) is 0 Å². The summed E-state index contributed by atoms with van der Waals surface area (Å²) in [5, 5.41) is 11.0. The minimum atomic E-state index is -3.61. The Morgan fingerprint density at radius 3 is 2.21 bits per heavy atom. The molecule has 0 saturated carbocycles. The molecule has 0 bridgehead atoms. The summed E-state index contributed by atoms with van der Waals surface area (Å²) in [7, 11) is -3.61. The van der Waals surface area contributed by atoms with Gasteiger partial charge in [-0.25, -0.2) is 0 Å². The van der Waals surface area contributed by atoms with Crippen molar-refractivity contribution in [2.45, 2.75) is 32.9 Å². The molecule has 14 heavy (non-hydrogen) atoms. The van der Waals surface area contributed by atoms with Gasteiger partial charge in [-0.05, 0) is 20.8 Å². The minimum Gasteiger partial charge on any atom is -0.409 e. The molecule has 84 valence electrons. The lowest BCUT2D eigenvalue weighted by molar-refractivity contribution is 0.316. The third kappa shape index (κ3) is 5.00. The zero-order chi connectivity index (χ0) is 11.4. The van der Waals surface area contributed by atoms with Gasteiger partial charge in [-0.15, -0.1) is 0 Å². The molecule has 7 nitrogen and oxygen atoms in total. The average Bonchev–Trinajstić information content (AvgIpc) is 1.99. The summed E-state index contributed by atoms with van der Waals surface area (Å²) in [5.41, 5.74) is 5.20. The van der Waals surface area contributed by atoms with E-state index in [4.69, 9.17) is 10.9 Å². The fourth-order valence-corrected chi connectivity index (χ4v) is 2.00. The zero-order valence-electron chi connectivity index (χ0n) is 8.35. The van der Waals surface area contributed by atoms with Gasteiger partial charge in [0.1, 0.15) is 0 Å². The lowest BCUT2D eigenvalue weighted by atomic mass is 10.3. The van der Waals surface area contributed by atoms with Crippen LogP contribution < -0.4 is 15.2 Å². The molecule has 0 heterocycles. The van der Waals surface area contributed by atoms with Gasteiger partial charge in [0.15, 0.2) is 5.84 Å². The third-order valence-electron chi connectivity index (χ3n) is 1.28. The standard InChI is InChI=1S/C6H16N4O3S/c1-4(2)9-14(12,13)10-5(3)6(7)8-11/h4-5,9-11H,1-3H3,(H2,7,8). The van der Waals surface area contributed by atoms with E-state index in [0.717, 1.165) is 0 Å². The Balaban J connectivity index is 4.38. The predicted molar refractivity (Wildman–Crippen MR) is 53.2 cm³/mol. The lowest BCUT2D eigenvalue weighted by Crippen LogP contribution is -2.48. The van der Waals surface area contributed by atoms with Crippen LogP contribution in [0, 0.1) is 0 Å². The molecular formula is C6H16N4O3S. The molecule has 0 rings (SSSR count). The summed E-state index contributed by atoms with van der Waals surface area (Å²) in [5.74, 6) is -0.195. The van der Waals surface area contributed by atoms with E-state index in [0.29, 0.717) is 0 Å². The molecular weight excluding hydrogens is 208 g/mol. The summed E-state index contributed by atoms with van der Waals surface area (Å²) >= 11 is 0. The Morgan fingerprint density at radius 2 is 1.86 bits per heavy atom. The molecule has 0 aromatic rings. The molecule has 8 heteroatoms. The van der Waals surface area contributed by atoms with Gasteiger partial charge >= 0.3 is 0 Å². The highest BCUT2D eigenvalue weighted by molar-refractivity contribution is 7.87. The van der Waals surface area contributed by atoms with Gasteiger partial charge in [-0.3, -0.25) is 0 Å². The fourth-order valence-electron chi connectivity index (χ4n) is 0.724. The van der Waals surface area contributed by atoms with Crippen molar-refractivity contribution in [2.75, 3.05) is 0 Å². The Kier molecular flexibility index (Phi) is 4.81. The monoisotopic (exact) mass is 224 g/mol. The average molecular weight is 224 g/mol. The highest BCUT2D eigenvalue weighted by atomic mass is 32.2. The van der Waals surface area contributed by atoms with Crippen molar-refractivity contribution in [3.8, 4) is 0 Å². The summed E-state index contributed by atoms with van der Waals surface area (Å²) in [6.07, 6.45) is 0. The molecule has 0 amide bonds. The topological polar surface area (TPSA) is 117 Å². The molecule has 0 aromatic heterocycles. The van der Waals surface area contributed by atoms with E-state index in [1.165, 1.54) is 6.92 Å². The number of rotatable bonds is 5. The van der Waals surface area contributed by atoms with E-state index >= 15 is 0 Å². The van der Waals surface area contributed by atoms with Crippen LogP contribution in [0.2, 0.25) is 0 Å². The number of oxime groups is 1. The highest BCUT2D eigenvalue weighted by Crippen LogP contribution is 1.88. The number of amidine groups is 1. The van der Waals surface area contributed by atoms with Gasteiger partial charge in [0.05, 0.1) is 6.04 Å². The maximum absolute atomic E-state index is 11.3. The van der Waals surface area contributed by atoms with Crippen LogP contribution in [-0.2, 0) is 10.2 Å².